The van der Waals surface area contributed by atoms with Crippen molar-refractivity contribution in [2.45, 2.75) is 45.3 Å². The van der Waals surface area contributed by atoms with Crippen LogP contribution in [0.1, 0.15) is 34.1 Å². The molecule has 1 fully saturated rings. The van der Waals surface area contributed by atoms with Gasteiger partial charge in [-0.25, -0.2) is 4.79 Å². The van der Waals surface area contributed by atoms with Crippen LogP contribution in [0, 0.1) is 0 Å². The fourth-order valence-electron chi connectivity index (χ4n) is 2.07. The lowest BCUT2D eigenvalue weighted by Gasteiger charge is -2.32. The third kappa shape index (κ3) is 2.74. The van der Waals surface area contributed by atoms with Crippen LogP contribution in [0.4, 0.5) is 0 Å². The van der Waals surface area contributed by atoms with Crippen LogP contribution in [0.3, 0.4) is 0 Å². The van der Waals surface area contributed by atoms with E-state index in [1.165, 1.54) is 7.11 Å². The maximum atomic E-state index is 11.7. The van der Waals surface area contributed by atoms with Crippen LogP contribution < -0.4 is 0 Å². The molecule has 0 unspecified atom stereocenters. The van der Waals surface area contributed by atoms with Crippen molar-refractivity contribution in [1.29, 1.82) is 0 Å². The molecule has 1 heterocycles. The zero-order chi connectivity index (χ0) is 15.0. The van der Waals surface area contributed by atoms with Crippen molar-refractivity contribution in [1.82, 2.24) is 0 Å². The summed E-state index contributed by atoms with van der Waals surface area (Å²) in [6, 6.07) is 0. The Morgan fingerprint density at radius 1 is 1.25 bits per heavy atom. The summed E-state index contributed by atoms with van der Waals surface area (Å²) in [5, 5.41) is 0. The smallest absolute Gasteiger partial charge is 0.465 e. The predicted octanol–water partition coefficient (Wildman–Crippen LogP) is 2.60. The number of esters is 1. The summed E-state index contributed by atoms with van der Waals surface area (Å²) in [5.41, 5.74) is 0.578. The monoisotopic (exact) mass is 276 g/mol. The normalized spacial score (nSPS) is 23.9. The SMILES string of the molecule is COC(=O)C1=CC(B2OC(C)(C)C(C)(C)O2)=CCC=C1. The molecular weight excluding hydrogens is 255 g/mol. The average molecular weight is 276 g/mol. The van der Waals surface area contributed by atoms with Gasteiger partial charge in [-0.1, -0.05) is 18.2 Å². The Hall–Kier alpha value is -1.33. The third-order valence-corrected chi connectivity index (χ3v) is 4.06. The molecule has 5 heteroatoms. The Labute approximate surface area is 120 Å². The van der Waals surface area contributed by atoms with Crippen LogP contribution in [0.15, 0.2) is 35.3 Å². The van der Waals surface area contributed by atoms with E-state index in [0.29, 0.717) is 5.57 Å². The van der Waals surface area contributed by atoms with Gasteiger partial charge in [-0.3, -0.25) is 0 Å². The maximum Gasteiger partial charge on any atom is 0.494 e. The number of carbonyl (C=O) groups is 1. The molecule has 1 aliphatic heterocycles. The quantitative estimate of drug-likeness (QED) is 0.574. The lowest BCUT2D eigenvalue weighted by molar-refractivity contribution is -0.135. The second-order valence-electron chi connectivity index (χ2n) is 6.02. The highest BCUT2D eigenvalue weighted by Crippen LogP contribution is 2.39. The van der Waals surface area contributed by atoms with Crippen molar-refractivity contribution in [3.63, 3.8) is 0 Å². The first-order valence-corrected chi connectivity index (χ1v) is 6.79. The Morgan fingerprint density at radius 2 is 1.85 bits per heavy atom. The Morgan fingerprint density at radius 3 is 2.40 bits per heavy atom. The molecule has 0 N–H and O–H groups in total. The Balaban J connectivity index is 2.26. The largest absolute Gasteiger partial charge is 0.494 e. The number of rotatable bonds is 2. The van der Waals surface area contributed by atoms with E-state index >= 15 is 0 Å². The highest BCUT2D eigenvalue weighted by atomic mass is 16.7. The minimum Gasteiger partial charge on any atom is -0.465 e. The zero-order valence-corrected chi connectivity index (χ0v) is 12.7. The molecule has 0 atom stereocenters. The summed E-state index contributed by atoms with van der Waals surface area (Å²) in [4.78, 5) is 11.7. The predicted molar refractivity (Wildman–Crippen MR) is 78.0 cm³/mol. The molecule has 0 aromatic rings. The first-order chi connectivity index (χ1) is 9.27. The van der Waals surface area contributed by atoms with Crippen LogP contribution in [0.25, 0.3) is 0 Å². The molecule has 0 radical (unpaired) electrons. The molecule has 0 bridgehead atoms. The van der Waals surface area contributed by atoms with Gasteiger partial charge in [-0.05, 0) is 45.7 Å². The molecule has 1 saturated heterocycles. The summed E-state index contributed by atoms with van der Waals surface area (Å²) in [5.74, 6) is -0.356. The fourth-order valence-corrected chi connectivity index (χ4v) is 2.07. The van der Waals surface area contributed by atoms with Crippen LogP contribution >= 0.6 is 0 Å². The standard InChI is InChI=1S/C15H21BO4/c1-14(2)15(3,4)20-16(19-14)12-9-7-6-8-11(10-12)13(17)18-5/h6,8-10H,7H2,1-5H3. The summed E-state index contributed by atoms with van der Waals surface area (Å²) >= 11 is 0. The van der Waals surface area contributed by atoms with Crippen LogP contribution in [0.2, 0.25) is 0 Å². The summed E-state index contributed by atoms with van der Waals surface area (Å²) < 4.78 is 16.8. The lowest BCUT2D eigenvalue weighted by Crippen LogP contribution is -2.41. The van der Waals surface area contributed by atoms with Crippen LogP contribution in [-0.4, -0.2) is 31.4 Å². The van der Waals surface area contributed by atoms with Crippen molar-refractivity contribution in [2.75, 3.05) is 7.11 Å². The highest BCUT2D eigenvalue weighted by molar-refractivity contribution is 6.55. The van der Waals surface area contributed by atoms with Crippen LogP contribution in [0.5, 0.6) is 0 Å². The number of ether oxygens (including phenoxy) is 1. The number of hydrogen-bond acceptors (Lipinski definition) is 4. The van der Waals surface area contributed by atoms with Crippen molar-refractivity contribution in [3.05, 3.63) is 35.3 Å². The first-order valence-electron chi connectivity index (χ1n) is 6.79. The summed E-state index contributed by atoms with van der Waals surface area (Å²) in [6.07, 6.45) is 8.20. The minimum atomic E-state index is -0.459. The van der Waals surface area contributed by atoms with Gasteiger partial charge in [0.05, 0.1) is 23.9 Å². The maximum absolute atomic E-state index is 11.7. The van der Waals surface area contributed by atoms with Gasteiger partial charge < -0.3 is 14.0 Å². The number of allylic oxidation sites excluding steroid dienone is 4. The molecule has 0 amide bonds. The first kappa shape index (κ1) is 15.1. The third-order valence-electron chi connectivity index (χ3n) is 4.06. The summed E-state index contributed by atoms with van der Waals surface area (Å²) in [6.45, 7) is 8.03. The molecule has 2 rings (SSSR count). The second kappa shape index (κ2) is 5.22. The van der Waals surface area contributed by atoms with Gasteiger partial charge in [-0.15, -0.1) is 0 Å². The number of hydrogen-bond donors (Lipinski definition) is 0. The minimum absolute atomic E-state index is 0.356. The number of carbonyl (C=O) groups excluding carboxylic acids is 1. The average Bonchev–Trinajstić information content (AvgIpc) is 2.58. The van der Waals surface area contributed by atoms with E-state index in [2.05, 4.69) is 0 Å². The fraction of sp³-hybridized carbons (Fsp3) is 0.533. The van der Waals surface area contributed by atoms with E-state index in [1.807, 2.05) is 39.8 Å². The van der Waals surface area contributed by atoms with Gasteiger partial charge in [-0.2, -0.15) is 0 Å². The molecule has 0 saturated carbocycles. The zero-order valence-electron chi connectivity index (χ0n) is 12.7. The number of methoxy groups -OCH3 is 1. The van der Waals surface area contributed by atoms with E-state index in [-0.39, 0.29) is 5.97 Å². The summed E-state index contributed by atoms with van der Waals surface area (Å²) in [7, 11) is 0.916. The molecule has 0 spiro atoms. The van der Waals surface area contributed by atoms with Crippen molar-refractivity contribution in [3.8, 4) is 0 Å². The Kier molecular flexibility index (Phi) is 3.94. The van der Waals surface area contributed by atoms with E-state index in [0.717, 1.165) is 11.9 Å². The second-order valence-corrected chi connectivity index (χ2v) is 6.02. The van der Waals surface area contributed by atoms with Gasteiger partial charge in [0.1, 0.15) is 0 Å². The van der Waals surface area contributed by atoms with Gasteiger partial charge in [0, 0.05) is 0 Å². The highest BCUT2D eigenvalue weighted by Gasteiger charge is 2.52. The molecule has 1 aliphatic carbocycles. The van der Waals surface area contributed by atoms with E-state index < -0.39 is 18.3 Å². The van der Waals surface area contributed by atoms with Crippen molar-refractivity contribution >= 4 is 13.1 Å². The molecule has 2 aliphatic rings. The molecule has 4 nitrogen and oxygen atoms in total. The van der Waals surface area contributed by atoms with Gasteiger partial charge in [0.25, 0.3) is 0 Å². The van der Waals surface area contributed by atoms with E-state index in [4.69, 9.17) is 14.0 Å². The molecule has 0 aromatic carbocycles. The topological polar surface area (TPSA) is 44.8 Å². The Bertz CT molecular complexity index is 484. The molecular formula is C15H21BO4. The lowest BCUT2D eigenvalue weighted by atomic mass is 9.77. The molecule has 108 valence electrons. The van der Waals surface area contributed by atoms with Crippen molar-refractivity contribution < 1.29 is 18.8 Å². The van der Waals surface area contributed by atoms with Gasteiger partial charge in [0.15, 0.2) is 0 Å². The van der Waals surface area contributed by atoms with Crippen LogP contribution in [-0.2, 0) is 18.8 Å². The van der Waals surface area contributed by atoms with E-state index in [1.54, 1.807) is 12.2 Å². The van der Waals surface area contributed by atoms with Gasteiger partial charge >= 0.3 is 13.1 Å². The van der Waals surface area contributed by atoms with Gasteiger partial charge in [0.2, 0.25) is 0 Å². The molecule has 20 heavy (non-hydrogen) atoms. The van der Waals surface area contributed by atoms with E-state index in [9.17, 15) is 4.79 Å². The molecule has 0 aromatic heterocycles. The van der Waals surface area contributed by atoms with Crippen molar-refractivity contribution in [2.24, 2.45) is 0 Å².